The van der Waals surface area contributed by atoms with Gasteiger partial charge in [0.25, 0.3) is 0 Å². The molecule has 0 amide bonds. The predicted octanol–water partition coefficient (Wildman–Crippen LogP) is 3.82. The van der Waals surface area contributed by atoms with Crippen LogP contribution >= 0.6 is 23.4 Å². The summed E-state index contributed by atoms with van der Waals surface area (Å²) in [7, 11) is 2.00. The van der Waals surface area contributed by atoms with Crippen LogP contribution in [-0.4, -0.2) is 18.8 Å². The molecule has 1 N–H and O–H groups in total. The second-order valence-corrected chi connectivity index (χ2v) is 5.25. The number of thioether (sulfide) groups is 1. The Morgan fingerprint density at radius 3 is 2.94 bits per heavy atom. The quantitative estimate of drug-likeness (QED) is 0.621. The van der Waals surface area contributed by atoms with Crippen LogP contribution in [0.15, 0.2) is 29.2 Å². The van der Waals surface area contributed by atoms with Gasteiger partial charge in [-0.3, -0.25) is 0 Å². The van der Waals surface area contributed by atoms with Gasteiger partial charge in [-0.05, 0) is 38.6 Å². The van der Waals surface area contributed by atoms with Gasteiger partial charge in [-0.15, -0.1) is 23.6 Å². The van der Waals surface area contributed by atoms with Gasteiger partial charge in [-0.2, -0.15) is 0 Å². The Morgan fingerprint density at radius 1 is 1.47 bits per heavy atom. The molecule has 1 aromatic rings. The molecule has 1 nitrogen and oxygen atoms in total. The number of rotatable bonds is 6. The molecule has 0 spiro atoms. The summed E-state index contributed by atoms with van der Waals surface area (Å²) in [5, 5.41) is 4.12. The van der Waals surface area contributed by atoms with Crippen LogP contribution in [-0.2, 0) is 0 Å². The molecule has 1 atom stereocenters. The van der Waals surface area contributed by atoms with E-state index in [1.807, 2.05) is 43.9 Å². The van der Waals surface area contributed by atoms with Crippen molar-refractivity contribution < 1.29 is 0 Å². The molecule has 3 heteroatoms. The first-order valence-electron chi connectivity index (χ1n) is 5.71. The first-order chi connectivity index (χ1) is 8.26. The summed E-state index contributed by atoms with van der Waals surface area (Å²) in [5.41, 5.74) is 0. The minimum atomic E-state index is 0.500. The van der Waals surface area contributed by atoms with E-state index in [9.17, 15) is 0 Å². The van der Waals surface area contributed by atoms with E-state index < -0.39 is 0 Å². The fourth-order valence-corrected chi connectivity index (χ4v) is 2.80. The summed E-state index contributed by atoms with van der Waals surface area (Å²) in [5.74, 6) is 7.07. The van der Waals surface area contributed by atoms with Crippen LogP contribution in [0.1, 0.15) is 19.8 Å². The average molecular weight is 268 g/mol. The molecule has 17 heavy (non-hydrogen) atoms. The lowest BCUT2D eigenvalue weighted by Crippen LogP contribution is -2.27. The highest BCUT2D eigenvalue weighted by Crippen LogP contribution is 2.22. The Hall–Kier alpha value is -0.620. The predicted molar refractivity (Wildman–Crippen MR) is 77.7 cm³/mol. The highest BCUT2D eigenvalue weighted by molar-refractivity contribution is 7.99. The zero-order chi connectivity index (χ0) is 12.5. The minimum Gasteiger partial charge on any atom is -0.316 e. The van der Waals surface area contributed by atoms with Gasteiger partial charge in [0.2, 0.25) is 0 Å². The summed E-state index contributed by atoms with van der Waals surface area (Å²) in [6.45, 7) is 1.88. The van der Waals surface area contributed by atoms with Crippen LogP contribution in [0.5, 0.6) is 0 Å². The van der Waals surface area contributed by atoms with Gasteiger partial charge >= 0.3 is 0 Å². The molecule has 0 aliphatic carbocycles. The molecule has 0 heterocycles. The number of hydrogen-bond acceptors (Lipinski definition) is 2. The number of halogens is 1. The lowest BCUT2D eigenvalue weighted by Gasteiger charge is -2.14. The van der Waals surface area contributed by atoms with Crippen molar-refractivity contribution in [3.05, 3.63) is 29.3 Å². The molecule has 0 radical (unpaired) electrons. The fourth-order valence-electron chi connectivity index (χ4n) is 1.44. The molecule has 0 saturated heterocycles. The van der Waals surface area contributed by atoms with Crippen molar-refractivity contribution in [2.24, 2.45) is 0 Å². The molecule has 0 aliphatic rings. The molecule has 0 aliphatic heterocycles. The highest BCUT2D eigenvalue weighted by atomic mass is 35.5. The maximum absolute atomic E-state index is 5.95. The maximum atomic E-state index is 5.95. The van der Waals surface area contributed by atoms with Gasteiger partial charge in [0.15, 0.2) is 0 Å². The Bertz CT molecular complexity index is 395. The summed E-state index contributed by atoms with van der Waals surface area (Å²) in [6, 6.07) is 8.49. The molecular formula is C14H18ClNS. The van der Waals surface area contributed by atoms with Crippen molar-refractivity contribution in [1.29, 1.82) is 0 Å². The standard InChI is InChI=1S/C14H18ClNS/c1-3-4-5-8-13(16-2)11-17-14-9-6-7-12(15)10-14/h6-7,9-10,13,16H,5,8,11H2,1-2H3. The first kappa shape index (κ1) is 14.4. The van der Waals surface area contributed by atoms with E-state index in [1.54, 1.807) is 0 Å². The van der Waals surface area contributed by atoms with E-state index in [-0.39, 0.29) is 0 Å². The van der Waals surface area contributed by atoms with Crippen molar-refractivity contribution in [1.82, 2.24) is 5.32 Å². The van der Waals surface area contributed by atoms with Crippen LogP contribution in [0.25, 0.3) is 0 Å². The number of benzene rings is 1. The zero-order valence-corrected chi connectivity index (χ0v) is 11.9. The van der Waals surface area contributed by atoms with Crippen molar-refractivity contribution in [2.45, 2.75) is 30.7 Å². The summed E-state index contributed by atoms with van der Waals surface area (Å²) < 4.78 is 0. The average Bonchev–Trinajstić information content (AvgIpc) is 2.34. The van der Waals surface area contributed by atoms with Crippen LogP contribution in [0.2, 0.25) is 5.02 Å². The second-order valence-electron chi connectivity index (χ2n) is 3.72. The van der Waals surface area contributed by atoms with Crippen LogP contribution in [0.3, 0.4) is 0 Å². The molecule has 0 aromatic heterocycles. The van der Waals surface area contributed by atoms with Crippen molar-refractivity contribution in [2.75, 3.05) is 12.8 Å². The highest BCUT2D eigenvalue weighted by Gasteiger charge is 2.06. The topological polar surface area (TPSA) is 12.0 Å². The van der Waals surface area contributed by atoms with E-state index in [4.69, 9.17) is 11.6 Å². The molecule has 1 unspecified atom stereocenters. The van der Waals surface area contributed by atoms with Gasteiger partial charge < -0.3 is 5.32 Å². The molecule has 0 fully saturated rings. The third-order valence-electron chi connectivity index (χ3n) is 2.45. The van der Waals surface area contributed by atoms with Crippen LogP contribution in [0, 0.1) is 11.8 Å². The van der Waals surface area contributed by atoms with Crippen LogP contribution in [0.4, 0.5) is 0 Å². The molecule has 1 rings (SSSR count). The van der Waals surface area contributed by atoms with Gasteiger partial charge in [-0.25, -0.2) is 0 Å². The largest absolute Gasteiger partial charge is 0.316 e. The molecule has 1 aromatic carbocycles. The number of nitrogens with one attached hydrogen (secondary N) is 1. The zero-order valence-electron chi connectivity index (χ0n) is 10.3. The SMILES string of the molecule is CC#CCCC(CSc1cccc(Cl)c1)NC. The minimum absolute atomic E-state index is 0.500. The summed E-state index contributed by atoms with van der Waals surface area (Å²) in [4.78, 5) is 1.22. The van der Waals surface area contributed by atoms with Crippen molar-refractivity contribution in [3.8, 4) is 11.8 Å². The van der Waals surface area contributed by atoms with Gasteiger partial charge in [-0.1, -0.05) is 17.7 Å². The van der Waals surface area contributed by atoms with Gasteiger partial charge in [0.1, 0.15) is 0 Å². The van der Waals surface area contributed by atoms with E-state index in [0.29, 0.717) is 6.04 Å². The second kappa shape index (κ2) is 8.47. The van der Waals surface area contributed by atoms with E-state index >= 15 is 0 Å². The van der Waals surface area contributed by atoms with Crippen molar-refractivity contribution >= 4 is 23.4 Å². The van der Waals surface area contributed by atoms with Crippen LogP contribution < -0.4 is 5.32 Å². The van der Waals surface area contributed by atoms with E-state index in [1.165, 1.54) is 4.90 Å². The van der Waals surface area contributed by atoms with E-state index in [0.717, 1.165) is 23.6 Å². The smallest absolute Gasteiger partial charge is 0.0417 e. The van der Waals surface area contributed by atoms with Gasteiger partial charge in [0.05, 0.1) is 0 Å². The lowest BCUT2D eigenvalue weighted by atomic mass is 10.2. The maximum Gasteiger partial charge on any atom is 0.0417 e. The summed E-state index contributed by atoms with van der Waals surface area (Å²) >= 11 is 7.78. The Kier molecular flexibility index (Phi) is 7.19. The van der Waals surface area contributed by atoms with E-state index in [2.05, 4.69) is 23.2 Å². The fraction of sp³-hybridized carbons (Fsp3) is 0.429. The molecule has 0 bridgehead atoms. The normalized spacial score (nSPS) is 11.7. The molecular weight excluding hydrogens is 250 g/mol. The molecule has 0 saturated carbocycles. The third-order valence-corrected chi connectivity index (χ3v) is 3.84. The Morgan fingerprint density at radius 2 is 2.29 bits per heavy atom. The lowest BCUT2D eigenvalue weighted by molar-refractivity contribution is 0.582. The monoisotopic (exact) mass is 267 g/mol. The first-order valence-corrected chi connectivity index (χ1v) is 7.08. The third kappa shape index (κ3) is 6.02. The van der Waals surface area contributed by atoms with Crippen molar-refractivity contribution in [3.63, 3.8) is 0 Å². The molecule has 92 valence electrons. The summed E-state index contributed by atoms with van der Waals surface area (Å²) in [6.07, 6.45) is 2.04. The number of hydrogen-bond donors (Lipinski definition) is 1. The Balaban J connectivity index is 2.38. The van der Waals surface area contributed by atoms with Gasteiger partial charge in [0, 0.05) is 28.1 Å². The Labute approximate surface area is 113 Å².